The second-order valence-corrected chi connectivity index (χ2v) is 5.39. The van der Waals surface area contributed by atoms with Crippen molar-refractivity contribution in [3.05, 3.63) is 0 Å². The number of methoxy groups -OCH3 is 1. The van der Waals surface area contributed by atoms with Crippen molar-refractivity contribution in [3.63, 3.8) is 0 Å². The number of nitrogens with zero attached hydrogens (tertiary/aromatic N) is 1. The fraction of sp³-hybridized carbons (Fsp3) is 0.857. The summed E-state index contributed by atoms with van der Waals surface area (Å²) in [5, 5.41) is 11.7. The zero-order valence-corrected chi connectivity index (χ0v) is 12.6. The summed E-state index contributed by atoms with van der Waals surface area (Å²) in [6, 6.07) is -0.993. The van der Waals surface area contributed by atoms with Gasteiger partial charge in [0.05, 0.1) is 6.61 Å². The first-order chi connectivity index (χ1) is 9.51. The molecule has 6 heteroatoms. The third-order valence-corrected chi connectivity index (χ3v) is 3.77. The summed E-state index contributed by atoms with van der Waals surface area (Å²) in [6.07, 6.45) is 3.43. The van der Waals surface area contributed by atoms with Gasteiger partial charge in [-0.3, -0.25) is 0 Å². The molecule has 0 aromatic heterocycles. The van der Waals surface area contributed by atoms with Crippen molar-refractivity contribution in [1.82, 2.24) is 10.2 Å². The van der Waals surface area contributed by atoms with Crippen LogP contribution in [0.5, 0.6) is 0 Å². The molecule has 2 atom stereocenters. The van der Waals surface area contributed by atoms with Crippen molar-refractivity contribution in [2.45, 2.75) is 51.6 Å². The second kappa shape index (κ2) is 8.09. The van der Waals surface area contributed by atoms with Crippen LogP contribution < -0.4 is 5.32 Å². The molecule has 0 saturated heterocycles. The van der Waals surface area contributed by atoms with E-state index in [2.05, 4.69) is 5.32 Å². The molecule has 2 N–H and O–H groups in total. The van der Waals surface area contributed by atoms with E-state index in [0.717, 1.165) is 12.8 Å². The highest BCUT2D eigenvalue weighted by Gasteiger charge is 2.35. The maximum atomic E-state index is 12.3. The summed E-state index contributed by atoms with van der Waals surface area (Å²) >= 11 is 0. The van der Waals surface area contributed by atoms with Crippen LogP contribution in [0.3, 0.4) is 0 Å². The van der Waals surface area contributed by atoms with Crippen LogP contribution in [0, 0.1) is 5.92 Å². The Balaban J connectivity index is 2.62. The van der Waals surface area contributed by atoms with Gasteiger partial charge >= 0.3 is 12.0 Å². The minimum atomic E-state index is -0.981. The quantitative estimate of drug-likeness (QED) is 0.676. The monoisotopic (exact) mass is 286 g/mol. The SMILES string of the molecule is CCCC(NC(=O)N(CCOC)C(C)C1CC1)C(=O)O. The molecule has 1 rings (SSSR count). The molecule has 1 fully saturated rings. The molecule has 0 aromatic rings. The number of nitrogens with one attached hydrogen (secondary N) is 1. The van der Waals surface area contributed by atoms with Crippen LogP contribution in [0.1, 0.15) is 39.5 Å². The number of hydrogen-bond donors (Lipinski definition) is 2. The highest BCUT2D eigenvalue weighted by atomic mass is 16.5. The van der Waals surface area contributed by atoms with E-state index in [0.29, 0.717) is 31.9 Å². The van der Waals surface area contributed by atoms with Gasteiger partial charge in [-0.05, 0) is 32.1 Å². The molecular weight excluding hydrogens is 260 g/mol. The zero-order chi connectivity index (χ0) is 15.1. The predicted octanol–water partition coefficient (Wildman–Crippen LogP) is 1.70. The fourth-order valence-corrected chi connectivity index (χ4v) is 2.29. The summed E-state index contributed by atoms with van der Waals surface area (Å²) in [5.74, 6) is -0.446. The van der Waals surface area contributed by atoms with Crippen LogP contribution >= 0.6 is 0 Å². The topological polar surface area (TPSA) is 78.9 Å². The van der Waals surface area contributed by atoms with E-state index in [1.54, 1.807) is 12.0 Å². The molecule has 116 valence electrons. The molecule has 0 radical (unpaired) electrons. The van der Waals surface area contributed by atoms with Crippen molar-refractivity contribution in [2.24, 2.45) is 5.92 Å². The Morgan fingerprint density at radius 2 is 2.10 bits per heavy atom. The number of ether oxygens (including phenoxy) is 1. The second-order valence-electron chi connectivity index (χ2n) is 5.39. The first-order valence-corrected chi connectivity index (χ1v) is 7.30. The number of amides is 2. The van der Waals surface area contributed by atoms with Crippen LogP contribution in [-0.4, -0.2) is 54.4 Å². The number of urea groups is 1. The standard InChI is InChI=1S/C14H26N2O4/c1-4-5-12(13(17)18)15-14(19)16(8-9-20-3)10(2)11-6-7-11/h10-12H,4-9H2,1-3H3,(H,15,19)(H,17,18). The van der Waals surface area contributed by atoms with E-state index in [9.17, 15) is 9.59 Å². The smallest absolute Gasteiger partial charge is 0.326 e. The number of carbonyl (C=O) groups excluding carboxylic acids is 1. The highest BCUT2D eigenvalue weighted by Crippen LogP contribution is 2.35. The highest BCUT2D eigenvalue weighted by molar-refractivity contribution is 5.82. The van der Waals surface area contributed by atoms with E-state index in [1.165, 1.54) is 0 Å². The first-order valence-electron chi connectivity index (χ1n) is 7.30. The molecule has 0 aliphatic heterocycles. The van der Waals surface area contributed by atoms with Crippen molar-refractivity contribution in [2.75, 3.05) is 20.3 Å². The van der Waals surface area contributed by atoms with Crippen molar-refractivity contribution < 1.29 is 19.4 Å². The van der Waals surface area contributed by atoms with Gasteiger partial charge in [-0.15, -0.1) is 0 Å². The molecule has 1 aliphatic rings. The zero-order valence-electron chi connectivity index (χ0n) is 12.6. The molecule has 1 aliphatic carbocycles. The fourth-order valence-electron chi connectivity index (χ4n) is 2.29. The van der Waals surface area contributed by atoms with Gasteiger partial charge in [-0.1, -0.05) is 13.3 Å². The number of hydrogen-bond acceptors (Lipinski definition) is 3. The molecular formula is C14H26N2O4. The Morgan fingerprint density at radius 3 is 2.55 bits per heavy atom. The largest absolute Gasteiger partial charge is 0.480 e. The molecule has 0 aromatic carbocycles. The summed E-state index contributed by atoms with van der Waals surface area (Å²) in [7, 11) is 1.59. The molecule has 20 heavy (non-hydrogen) atoms. The lowest BCUT2D eigenvalue weighted by Gasteiger charge is -2.30. The molecule has 1 saturated carbocycles. The van der Waals surface area contributed by atoms with Gasteiger partial charge < -0.3 is 20.1 Å². The Bertz CT molecular complexity index is 331. The van der Waals surface area contributed by atoms with Crippen LogP contribution in [0.2, 0.25) is 0 Å². The lowest BCUT2D eigenvalue weighted by atomic mass is 10.1. The average Bonchev–Trinajstić information content (AvgIpc) is 3.22. The Kier molecular flexibility index (Phi) is 6.78. The molecule has 0 heterocycles. The lowest BCUT2D eigenvalue weighted by molar-refractivity contribution is -0.139. The van der Waals surface area contributed by atoms with E-state index in [1.807, 2.05) is 13.8 Å². The molecule has 6 nitrogen and oxygen atoms in total. The maximum Gasteiger partial charge on any atom is 0.326 e. The Morgan fingerprint density at radius 1 is 1.45 bits per heavy atom. The summed E-state index contributed by atoms with van der Waals surface area (Å²) < 4.78 is 5.03. The van der Waals surface area contributed by atoms with Crippen LogP contribution in [0.25, 0.3) is 0 Å². The minimum Gasteiger partial charge on any atom is -0.480 e. The third-order valence-electron chi connectivity index (χ3n) is 3.77. The number of carbonyl (C=O) groups is 2. The molecule has 2 unspecified atom stereocenters. The Hall–Kier alpha value is -1.30. The van der Waals surface area contributed by atoms with E-state index in [-0.39, 0.29) is 12.1 Å². The summed E-state index contributed by atoms with van der Waals surface area (Å²) in [5.41, 5.74) is 0. The maximum absolute atomic E-state index is 12.3. The number of aliphatic carboxylic acids is 1. The van der Waals surface area contributed by atoms with Gasteiger partial charge in [0.15, 0.2) is 0 Å². The van der Waals surface area contributed by atoms with Crippen molar-refractivity contribution in [1.29, 1.82) is 0 Å². The lowest BCUT2D eigenvalue weighted by Crippen LogP contribution is -2.52. The van der Waals surface area contributed by atoms with Gasteiger partial charge in [0.25, 0.3) is 0 Å². The van der Waals surface area contributed by atoms with Gasteiger partial charge in [0, 0.05) is 19.7 Å². The third kappa shape index (κ3) is 5.00. The van der Waals surface area contributed by atoms with Gasteiger partial charge in [-0.25, -0.2) is 9.59 Å². The number of carboxylic acids is 1. The average molecular weight is 286 g/mol. The number of rotatable bonds is 9. The normalized spacial score (nSPS) is 17.4. The molecule has 0 bridgehead atoms. The Labute approximate surface area is 120 Å². The van der Waals surface area contributed by atoms with Crippen molar-refractivity contribution >= 4 is 12.0 Å². The van der Waals surface area contributed by atoms with Crippen LogP contribution in [0.4, 0.5) is 4.79 Å². The minimum absolute atomic E-state index is 0.126. The molecule has 0 spiro atoms. The number of carboxylic acid groups (broad SMARTS) is 1. The van der Waals surface area contributed by atoms with E-state index >= 15 is 0 Å². The predicted molar refractivity (Wildman–Crippen MR) is 75.6 cm³/mol. The van der Waals surface area contributed by atoms with Gasteiger partial charge in [-0.2, -0.15) is 0 Å². The van der Waals surface area contributed by atoms with E-state index in [4.69, 9.17) is 9.84 Å². The van der Waals surface area contributed by atoms with Crippen molar-refractivity contribution in [3.8, 4) is 0 Å². The summed E-state index contributed by atoms with van der Waals surface area (Å²) in [4.78, 5) is 25.1. The van der Waals surface area contributed by atoms with Crippen LogP contribution in [-0.2, 0) is 9.53 Å². The summed E-state index contributed by atoms with van der Waals surface area (Å²) in [6.45, 7) is 4.86. The molecule has 2 amide bonds. The van der Waals surface area contributed by atoms with E-state index < -0.39 is 12.0 Å². The first kappa shape index (κ1) is 16.8. The van der Waals surface area contributed by atoms with Crippen LogP contribution in [0.15, 0.2) is 0 Å². The van der Waals surface area contributed by atoms with Gasteiger partial charge in [0.2, 0.25) is 0 Å². The van der Waals surface area contributed by atoms with Gasteiger partial charge in [0.1, 0.15) is 6.04 Å².